The van der Waals surface area contributed by atoms with Gasteiger partial charge >= 0.3 is 0 Å². The minimum Gasteiger partial charge on any atom is -0.312 e. The quantitative estimate of drug-likeness (QED) is 0.169. The molecule has 4 aromatic heterocycles. The van der Waals surface area contributed by atoms with Crippen molar-refractivity contribution in [3.63, 3.8) is 0 Å². The molecule has 0 spiro atoms. The molecule has 4 heteroatoms. The molecule has 0 fully saturated rings. The number of benzene rings is 8. The van der Waals surface area contributed by atoms with Crippen LogP contribution in [0.15, 0.2) is 176 Å². The SMILES string of the molecule is C1=Cc2c(n(-c3ccccc3)c3c(-c4cccc5c4c4ccccc4n5-c4cc(-c5ccc6sc7ccccc7c6c5)c5sc6ccccc6c5c4)cccc23)CC1. The number of allylic oxidation sites excluding steroid dienone is 1. The molecule has 1 aliphatic rings. The van der Waals surface area contributed by atoms with E-state index < -0.39 is 0 Å². The summed E-state index contributed by atoms with van der Waals surface area (Å²) in [5.74, 6) is 0. The maximum atomic E-state index is 2.54. The third-order valence-electron chi connectivity index (χ3n) is 12.4. The van der Waals surface area contributed by atoms with E-state index in [0.717, 1.165) is 12.8 Å². The smallest absolute Gasteiger partial charge is 0.0616 e. The van der Waals surface area contributed by atoms with Crippen LogP contribution in [0.2, 0.25) is 0 Å². The van der Waals surface area contributed by atoms with E-state index in [1.54, 1.807) is 0 Å². The average molecular weight is 775 g/mol. The van der Waals surface area contributed by atoms with Gasteiger partial charge in [-0.2, -0.15) is 0 Å². The predicted octanol–water partition coefficient (Wildman–Crippen LogP) is 15.8. The molecular weight excluding hydrogens is 741 g/mol. The van der Waals surface area contributed by atoms with Crippen molar-refractivity contribution in [2.24, 2.45) is 0 Å². The van der Waals surface area contributed by atoms with Gasteiger partial charge in [0.25, 0.3) is 0 Å². The zero-order valence-corrected chi connectivity index (χ0v) is 33.1. The van der Waals surface area contributed by atoms with Gasteiger partial charge in [-0.15, -0.1) is 22.7 Å². The zero-order chi connectivity index (χ0) is 37.9. The van der Waals surface area contributed by atoms with Gasteiger partial charge < -0.3 is 9.13 Å². The molecule has 58 heavy (non-hydrogen) atoms. The van der Waals surface area contributed by atoms with E-state index in [4.69, 9.17) is 0 Å². The molecule has 0 radical (unpaired) electrons. The Morgan fingerprint density at radius 3 is 2.00 bits per heavy atom. The Kier molecular flexibility index (Phi) is 6.91. The summed E-state index contributed by atoms with van der Waals surface area (Å²) >= 11 is 3.78. The highest BCUT2D eigenvalue weighted by molar-refractivity contribution is 7.26. The summed E-state index contributed by atoms with van der Waals surface area (Å²) in [7, 11) is 0. The standard InChI is InChI=1S/C54H34N2S2/c1-2-14-34(15-3-1)56-46-23-8-4-16-36(46)40-21-12-22-41(53(40)56)39-20-13-25-48-52(39)42-19-5-9-24-47(42)55(48)35-31-43(54-45(32-35)38-18-7-11-27-50(38)58-54)33-28-29-51-44(30-33)37-17-6-10-26-49(37)57-51/h1-7,9-22,24-32H,8,23H2. The maximum absolute atomic E-state index is 2.54. The highest BCUT2D eigenvalue weighted by Gasteiger charge is 2.24. The van der Waals surface area contributed by atoms with Crippen molar-refractivity contribution in [1.29, 1.82) is 0 Å². The normalized spacial score (nSPS) is 13.0. The van der Waals surface area contributed by atoms with E-state index >= 15 is 0 Å². The summed E-state index contributed by atoms with van der Waals surface area (Å²) in [5.41, 5.74) is 13.9. The molecular formula is C54H34N2S2. The van der Waals surface area contributed by atoms with E-state index in [9.17, 15) is 0 Å². The third kappa shape index (κ3) is 4.59. The van der Waals surface area contributed by atoms with E-state index in [2.05, 4.69) is 191 Å². The Hall–Kier alpha value is -6.72. The number of thiophene rings is 2. The van der Waals surface area contributed by atoms with E-state index in [1.807, 2.05) is 22.7 Å². The molecule has 0 atom stereocenters. The molecule has 4 heterocycles. The molecule has 1 aliphatic carbocycles. The van der Waals surface area contributed by atoms with E-state index in [1.165, 1.54) is 118 Å². The summed E-state index contributed by atoms with van der Waals surface area (Å²) < 4.78 is 10.4. The fourth-order valence-corrected chi connectivity index (χ4v) is 12.2. The molecule has 0 aliphatic heterocycles. The van der Waals surface area contributed by atoms with Crippen LogP contribution in [0, 0.1) is 0 Å². The predicted molar refractivity (Wildman–Crippen MR) is 252 cm³/mol. The number of para-hydroxylation sites is 3. The highest BCUT2D eigenvalue weighted by atomic mass is 32.1. The van der Waals surface area contributed by atoms with Gasteiger partial charge in [0.05, 0.1) is 16.6 Å². The average Bonchev–Trinajstić information content (AvgIpc) is 4.04. The summed E-state index contributed by atoms with van der Waals surface area (Å²) in [4.78, 5) is 0. The lowest BCUT2D eigenvalue weighted by atomic mass is 9.96. The summed E-state index contributed by atoms with van der Waals surface area (Å²) in [6.45, 7) is 0. The van der Waals surface area contributed by atoms with Crippen LogP contribution in [0.5, 0.6) is 0 Å². The maximum Gasteiger partial charge on any atom is 0.0616 e. The second-order valence-corrected chi connectivity index (χ2v) is 17.6. The topological polar surface area (TPSA) is 9.86 Å². The molecule has 0 unspecified atom stereocenters. The van der Waals surface area contributed by atoms with Crippen LogP contribution >= 0.6 is 22.7 Å². The van der Waals surface area contributed by atoms with Crippen molar-refractivity contribution in [3.8, 4) is 33.6 Å². The van der Waals surface area contributed by atoms with Gasteiger partial charge in [0.1, 0.15) is 0 Å². The first kappa shape index (κ1) is 32.4. The van der Waals surface area contributed by atoms with Crippen LogP contribution in [-0.2, 0) is 6.42 Å². The van der Waals surface area contributed by atoms with Crippen molar-refractivity contribution in [2.45, 2.75) is 12.8 Å². The minimum absolute atomic E-state index is 1.02. The molecule has 0 saturated carbocycles. The van der Waals surface area contributed by atoms with Gasteiger partial charge in [0.15, 0.2) is 0 Å². The van der Waals surface area contributed by atoms with Gasteiger partial charge in [-0.05, 0) is 84.6 Å². The van der Waals surface area contributed by atoms with Crippen LogP contribution in [0.25, 0.3) is 113 Å². The summed E-state index contributed by atoms with van der Waals surface area (Å²) in [6.07, 6.45) is 6.76. The second-order valence-electron chi connectivity index (χ2n) is 15.5. The first-order valence-electron chi connectivity index (χ1n) is 20.1. The molecule has 272 valence electrons. The monoisotopic (exact) mass is 774 g/mol. The summed E-state index contributed by atoms with van der Waals surface area (Å²) in [6, 6.07) is 63.5. The lowest BCUT2D eigenvalue weighted by Crippen LogP contribution is -2.03. The van der Waals surface area contributed by atoms with Gasteiger partial charge in [-0.1, -0.05) is 121 Å². The van der Waals surface area contributed by atoms with Gasteiger partial charge in [-0.3, -0.25) is 0 Å². The Morgan fingerprint density at radius 2 is 1.12 bits per heavy atom. The Morgan fingerprint density at radius 1 is 0.431 bits per heavy atom. The van der Waals surface area contributed by atoms with Crippen molar-refractivity contribution < 1.29 is 0 Å². The van der Waals surface area contributed by atoms with Gasteiger partial charge in [0, 0.05) is 90.3 Å². The first-order valence-corrected chi connectivity index (χ1v) is 21.7. The zero-order valence-electron chi connectivity index (χ0n) is 31.4. The van der Waals surface area contributed by atoms with Crippen LogP contribution < -0.4 is 0 Å². The fourth-order valence-electron chi connectivity index (χ4n) is 9.92. The van der Waals surface area contributed by atoms with Crippen molar-refractivity contribution in [2.75, 3.05) is 0 Å². The first-order chi connectivity index (χ1) is 28.8. The van der Waals surface area contributed by atoms with Crippen molar-refractivity contribution in [3.05, 3.63) is 187 Å². The third-order valence-corrected chi connectivity index (χ3v) is 14.7. The fraction of sp³-hybridized carbons (Fsp3) is 0.0370. The second kappa shape index (κ2) is 12.4. The number of aromatic nitrogens is 2. The lowest BCUT2D eigenvalue weighted by Gasteiger charge is -2.15. The van der Waals surface area contributed by atoms with Crippen molar-refractivity contribution in [1.82, 2.24) is 9.13 Å². The molecule has 0 saturated heterocycles. The number of fused-ring (bicyclic) bond motifs is 12. The molecule has 2 nitrogen and oxygen atoms in total. The number of hydrogen-bond acceptors (Lipinski definition) is 2. The Bertz CT molecular complexity index is 3680. The number of nitrogens with zero attached hydrogens (tertiary/aromatic N) is 2. The molecule has 0 N–H and O–H groups in total. The largest absolute Gasteiger partial charge is 0.312 e. The van der Waals surface area contributed by atoms with Crippen LogP contribution in [0.1, 0.15) is 17.7 Å². The minimum atomic E-state index is 1.02. The van der Waals surface area contributed by atoms with Crippen LogP contribution in [0.4, 0.5) is 0 Å². The van der Waals surface area contributed by atoms with Gasteiger partial charge in [-0.25, -0.2) is 0 Å². The molecule has 8 aromatic carbocycles. The van der Waals surface area contributed by atoms with Gasteiger partial charge in [0.2, 0.25) is 0 Å². The molecule has 0 bridgehead atoms. The van der Waals surface area contributed by atoms with Crippen LogP contribution in [-0.4, -0.2) is 9.13 Å². The van der Waals surface area contributed by atoms with Crippen LogP contribution in [0.3, 0.4) is 0 Å². The molecule has 13 rings (SSSR count). The van der Waals surface area contributed by atoms with E-state index in [-0.39, 0.29) is 0 Å². The summed E-state index contributed by atoms with van der Waals surface area (Å²) in [5, 5.41) is 9.11. The lowest BCUT2D eigenvalue weighted by molar-refractivity contribution is 0.889. The Balaban J connectivity index is 1.11. The van der Waals surface area contributed by atoms with Crippen molar-refractivity contribution >= 4 is 102 Å². The highest BCUT2D eigenvalue weighted by Crippen LogP contribution is 2.47. The van der Waals surface area contributed by atoms with E-state index in [0.29, 0.717) is 0 Å². The number of hydrogen-bond donors (Lipinski definition) is 0. The molecule has 12 aromatic rings. The number of rotatable bonds is 4. The molecule has 0 amide bonds. The Labute approximate surface area is 342 Å².